The number of carbonyl (C=O) groups excluding carboxylic acids is 1. The second kappa shape index (κ2) is 4.90. The maximum atomic E-state index is 11.4. The first-order valence-electron chi connectivity index (χ1n) is 4.82. The molecule has 102 valence electrons. The Labute approximate surface area is 102 Å². The first-order valence-corrected chi connectivity index (χ1v) is 6.43. The Morgan fingerprint density at radius 3 is 2.28 bits per heavy atom. The van der Waals surface area contributed by atoms with E-state index in [4.69, 9.17) is 14.8 Å². The standard InChI is InChI=1S/C8H11NO8S/c10-6-1-4(7(11)12)2-9(6)5(8(13)14)3-18(15,16)17/h4-5H,1-3H2,(H,11,12)(H,13,14)(H,15,16,17). The molecule has 10 heteroatoms. The van der Waals surface area contributed by atoms with E-state index in [0.29, 0.717) is 4.90 Å². The fraction of sp³-hybridized carbons (Fsp3) is 0.625. The van der Waals surface area contributed by atoms with Gasteiger partial charge in [-0.25, -0.2) is 4.79 Å². The van der Waals surface area contributed by atoms with E-state index < -0.39 is 45.7 Å². The van der Waals surface area contributed by atoms with Gasteiger partial charge in [0.05, 0.1) is 5.92 Å². The third-order valence-electron chi connectivity index (χ3n) is 2.54. The lowest BCUT2D eigenvalue weighted by Gasteiger charge is -2.23. The van der Waals surface area contributed by atoms with Crippen LogP contribution in [0.4, 0.5) is 0 Å². The molecule has 1 heterocycles. The van der Waals surface area contributed by atoms with Gasteiger partial charge in [0, 0.05) is 13.0 Å². The van der Waals surface area contributed by atoms with Crippen molar-refractivity contribution in [2.45, 2.75) is 12.5 Å². The minimum absolute atomic E-state index is 0.384. The Hall–Kier alpha value is -1.68. The van der Waals surface area contributed by atoms with Gasteiger partial charge in [0.1, 0.15) is 11.8 Å². The molecule has 1 amide bonds. The van der Waals surface area contributed by atoms with Crippen molar-refractivity contribution in [2.24, 2.45) is 5.92 Å². The Kier molecular flexibility index (Phi) is 3.92. The van der Waals surface area contributed by atoms with Crippen molar-refractivity contribution in [3.8, 4) is 0 Å². The van der Waals surface area contributed by atoms with E-state index in [0.717, 1.165) is 0 Å². The molecule has 0 radical (unpaired) electrons. The topological polar surface area (TPSA) is 149 Å². The number of carbonyl (C=O) groups is 3. The zero-order chi connectivity index (χ0) is 14.1. The number of nitrogens with zero attached hydrogens (tertiary/aromatic N) is 1. The molecule has 1 aliphatic heterocycles. The number of likely N-dealkylation sites (tertiary alicyclic amines) is 1. The summed E-state index contributed by atoms with van der Waals surface area (Å²) in [4.78, 5) is 33.6. The number of aliphatic carboxylic acids is 2. The summed E-state index contributed by atoms with van der Waals surface area (Å²) in [5.74, 6) is -5.88. The zero-order valence-corrected chi connectivity index (χ0v) is 9.83. The Morgan fingerprint density at radius 2 is 1.94 bits per heavy atom. The van der Waals surface area contributed by atoms with Crippen LogP contribution in [0.2, 0.25) is 0 Å². The van der Waals surface area contributed by atoms with E-state index in [1.807, 2.05) is 0 Å². The Bertz CT molecular complexity index is 483. The van der Waals surface area contributed by atoms with Crippen LogP contribution in [-0.4, -0.2) is 64.3 Å². The van der Waals surface area contributed by atoms with Gasteiger partial charge in [0.15, 0.2) is 0 Å². The predicted molar refractivity (Wildman–Crippen MR) is 55.3 cm³/mol. The number of rotatable bonds is 5. The number of carboxylic acid groups (broad SMARTS) is 2. The largest absolute Gasteiger partial charge is 0.481 e. The van der Waals surface area contributed by atoms with Crippen molar-refractivity contribution in [1.82, 2.24) is 4.90 Å². The van der Waals surface area contributed by atoms with Crippen LogP contribution >= 0.6 is 0 Å². The van der Waals surface area contributed by atoms with Crippen LogP contribution in [0, 0.1) is 5.92 Å². The number of hydrogen-bond acceptors (Lipinski definition) is 5. The summed E-state index contributed by atoms with van der Waals surface area (Å²) >= 11 is 0. The monoisotopic (exact) mass is 281 g/mol. The Balaban J connectivity index is 2.91. The van der Waals surface area contributed by atoms with Crippen molar-refractivity contribution in [3.63, 3.8) is 0 Å². The van der Waals surface area contributed by atoms with Gasteiger partial charge >= 0.3 is 11.9 Å². The lowest BCUT2D eigenvalue weighted by atomic mass is 10.1. The van der Waals surface area contributed by atoms with Gasteiger partial charge in [0.25, 0.3) is 10.1 Å². The SMILES string of the molecule is O=C(O)C1CC(=O)N(C(CS(=O)(=O)O)C(=O)O)C1. The van der Waals surface area contributed by atoms with Gasteiger partial charge < -0.3 is 15.1 Å². The fourth-order valence-electron chi connectivity index (χ4n) is 1.69. The average molecular weight is 281 g/mol. The van der Waals surface area contributed by atoms with Crippen LogP contribution in [0.3, 0.4) is 0 Å². The second-order valence-corrected chi connectivity index (χ2v) is 5.39. The molecule has 1 saturated heterocycles. The van der Waals surface area contributed by atoms with Crippen molar-refractivity contribution in [3.05, 3.63) is 0 Å². The van der Waals surface area contributed by atoms with E-state index in [1.165, 1.54) is 0 Å². The molecule has 0 aromatic carbocycles. The summed E-state index contributed by atoms with van der Waals surface area (Å²) in [7, 11) is -4.59. The second-order valence-electron chi connectivity index (χ2n) is 3.89. The first-order chi connectivity index (χ1) is 8.11. The molecule has 2 atom stereocenters. The van der Waals surface area contributed by atoms with E-state index >= 15 is 0 Å². The maximum absolute atomic E-state index is 11.4. The quantitative estimate of drug-likeness (QED) is 0.503. The van der Waals surface area contributed by atoms with Crippen molar-refractivity contribution in [2.75, 3.05) is 12.3 Å². The molecule has 0 saturated carbocycles. The molecule has 18 heavy (non-hydrogen) atoms. The summed E-state index contributed by atoms with van der Waals surface area (Å²) in [6, 6.07) is -1.78. The van der Waals surface area contributed by atoms with Gasteiger partial charge in [-0.3, -0.25) is 14.1 Å². The molecule has 0 aromatic rings. The Morgan fingerprint density at radius 1 is 1.39 bits per heavy atom. The van der Waals surface area contributed by atoms with Gasteiger partial charge in [-0.2, -0.15) is 8.42 Å². The van der Waals surface area contributed by atoms with E-state index in [2.05, 4.69) is 0 Å². The summed E-state index contributed by atoms with van der Waals surface area (Å²) in [6.07, 6.45) is -0.384. The lowest BCUT2D eigenvalue weighted by Crippen LogP contribution is -2.46. The highest BCUT2D eigenvalue weighted by molar-refractivity contribution is 7.85. The molecule has 2 unspecified atom stereocenters. The van der Waals surface area contributed by atoms with Crippen LogP contribution in [0.1, 0.15) is 6.42 Å². The average Bonchev–Trinajstić information content (AvgIpc) is 2.55. The normalized spacial score (nSPS) is 21.9. The van der Waals surface area contributed by atoms with E-state index in [9.17, 15) is 22.8 Å². The van der Waals surface area contributed by atoms with E-state index in [1.54, 1.807) is 0 Å². The van der Waals surface area contributed by atoms with Gasteiger partial charge in [0.2, 0.25) is 5.91 Å². The van der Waals surface area contributed by atoms with Crippen LogP contribution < -0.4 is 0 Å². The van der Waals surface area contributed by atoms with Gasteiger partial charge in [-0.05, 0) is 0 Å². The van der Waals surface area contributed by atoms with Crippen molar-refractivity contribution < 1.29 is 37.6 Å². The number of carboxylic acids is 2. The van der Waals surface area contributed by atoms with Crippen LogP contribution in [0.15, 0.2) is 0 Å². The number of hydrogen-bond donors (Lipinski definition) is 3. The smallest absolute Gasteiger partial charge is 0.327 e. The molecule has 1 fully saturated rings. The molecule has 0 spiro atoms. The molecule has 0 bridgehead atoms. The van der Waals surface area contributed by atoms with Gasteiger partial charge in [-0.1, -0.05) is 0 Å². The van der Waals surface area contributed by atoms with Crippen molar-refractivity contribution >= 4 is 28.0 Å². The summed E-state index contributed by atoms with van der Waals surface area (Å²) < 4.78 is 29.9. The van der Waals surface area contributed by atoms with Crippen LogP contribution in [-0.2, 0) is 24.5 Å². The molecule has 3 N–H and O–H groups in total. The molecular formula is C8H11NO8S. The summed E-state index contributed by atoms with van der Waals surface area (Å²) in [5, 5.41) is 17.5. The molecular weight excluding hydrogens is 270 g/mol. The molecule has 9 nitrogen and oxygen atoms in total. The van der Waals surface area contributed by atoms with Crippen molar-refractivity contribution in [1.29, 1.82) is 0 Å². The minimum atomic E-state index is -4.59. The third-order valence-corrected chi connectivity index (χ3v) is 3.27. The zero-order valence-electron chi connectivity index (χ0n) is 9.01. The summed E-state index contributed by atoms with van der Waals surface area (Å²) in [5.41, 5.74) is 0. The highest BCUT2D eigenvalue weighted by Crippen LogP contribution is 2.21. The minimum Gasteiger partial charge on any atom is -0.481 e. The lowest BCUT2D eigenvalue weighted by molar-refractivity contribution is -0.147. The first kappa shape index (κ1) is 14.4. The molecule has 0 aromatic heterocycles. The van der Waals surface area contributed by atoms with Crippen LogP contribution in [0.5, 0.6) is 0 Å². The molecule has 0 aliphatic carbocycles. The fourth-order valence-corrected chi connectivity index (χ4v) is 2.41. The summed E-state index contributed by atoms with van der Waals surface area (Å²) in [6.45, 7) is -0.388. The molecule has 1 aliphatic rings. The highest BCUT2D eigenvalue weighted by Gasteiger charge is 2.42. The van der Waals surface area contributed by atoms with E-state index in [-0.39, 0.29) is 13.0 Å². The predicted octanol–water partition coefficient (Wildman–Crippen LogP) is -1.74. The maximum Gasteiger partial charge on any atom is 0.327 e. The molecule has 1 rings (SSSR count). The highest BCUT2D eigenvalue weighted by atomic mass is 32.2. The van der Waals surface area contributed by atoms with Crippen LogP contribution in [0.25, 0.3) is 0 Å². The third kappa shape index (κ3) is 3.40. The van der Waals surface area contributed by atoms with Gasteiger partial charge in [-0.15, -0.1) is 0 Å². The number of amides is 1.